The van der Waals surface area contributed by atoms with Crippen molar-refractivity contribution in [3.63, 3.8) is 0 Å². The van der Waals surface area contributed by atoms with E-state index in [4.69, 9.17) is 4.74 Å². The Morgan fingerprint density at radius 3 is 2.67 bits per heavy atom. The Balaban J connectivity index is 1.94. The number of nitrogens with zero attached hydrogens (tertiary/aromatic N) is 1. The van der Waals surface area contributed by atoms with E-state index in [1.807, 2.05) is 35.2 Å². The molecule has 2 nitrogen and oxygen atoms in total. The van der Waals surface area contributed by atoms with E-state index in [0.29, 0.717) is 19.5 Å². The topological polar surface area (TPSA) is 12.5 Å². The third-order valence-electron chi connectivity index (χ3n) is 3.44. The Kier molecular flexibility index (Phi) is 4.30. The summed E-state index contributed by atoms with van der Waals surface area (Å²) in [6.45, 7) is 1.27. The summed E-state index contributed by atoms with van der Waals surface area (Å²) in [6.07, 6.45) is 0.494. The first-order valence-electron chi connectivity index (χ1n) is 6.25. The molecule has 0 radical (unpaired) electrons. The van der Waals surface area contributed by atoms with Crippen LogP contribution < -0.4 is 0 Å². The lowest BCUT2D eigenvalue weighted by molar-refractivity contribution is -0.129. The molecule has 1 unspecified atom stereocenters. The molecule has 4 heteroatoms. The van der Waals surface area contributed by atoms with Gasteiger partial charge in [0.1, 0.15) is 0 Å². The minimum Gasteiger partial charge on any atom is -0.384 e. The number of methoxy groups -OCH3 is 1. The van der Waals surface area contributed by atoms with Crippen LogP contribution >= 0.6 is 0 Å². The molecule has 0 bridgehead atoms. The van der Waals surface area contributed by atoms with Gasteiger partial charge >= 0.3 is 0 Å². The predicted molar refractivity (Wildman–Crippen MR) is 66.6 cm³/mol. The number of alkyl halides is 2. The molecular weight excluding hydrogens is 236 g/mol. The molecule has 1 aromatic carbocycles. The SMILES string of the molecule is COCC1CCN(Cc2ccccc2)CC1(F)F. The first-order chi connectivity index (χ1) is 8.62. The molecule has 1 atom stereocenters. The smallest absolute Gasteiger partial charge is 0.265 e. The molecule has 0 saturated carbocycles. The zero-order chi connectivity index (χ0) is 13.0. The molecule has 0 spiro atoms. The van der Waals surface area contributed by atoms with Crippen LogP contribution in [0.4, 0.5) is 8.78 Å². The fourth-order valence-electron chi connectivity index (χ4n) is 2.44. The summed E-state index contributed by atoms with van der Waals surface area (Å²) in [5, 5.41) is 0. The van der Waals surface area contributed by atoms with Gasteiger partial charge in [0.2, 0.25) is 0 Å². The molecule has 0 aliphatic carbocycles. The normalized spacial score (nSPS) is 24.1. The second-order valence-electron chi connectivity index (χ2n) is 4.90. The first-order valence-corrected chi connectivity index (χ1v) is 6.25. The highest BCUT2D eigenvalue weighted by Crippen LogP contribution is 2.33. The summed E-state index contributed by atoms with van der Waals surface area (Å²) >= 11 is 0. The quantitative estimate of drug-likeness (QED) is 0.820. The summed E-state index contributed by atoms with van der Waals surface area (Å²) in [6, 6.07) is 9.75. The third-order valence-corrected chi connectivity index (χ3v) is 3.44. The lowest BCUT2D eigenvalue weighted by atomic mass is 9.93. The Morgan fingerprint density at radius 2 is 2.06 bits per heavy atom. The molecule has 1 heterocycles. The monoisotopic (exact) mass is 255 g/mol. The maximum absolute atomic E-state index is 13.9. The first kappa shape index (κ1) is 13.4. The molecule has 0 N–H and O–H groups in total. The van der Waals surface area contributed by atoms with Crippen molar-refractivity contribution in [3.8, 4) is 0 Å². The number of benzene rings is 1. The van der Waals surface area contributed by atoms with Gasteiger partial charge in [-0.25, -0.2) is 8.78 Å². The van der Waals surface area contributed by atoms with Crippen molar-refractivity contribution in [2.45, 2.75) is 18.9 Å². The molecule has 0 aromatic heterocycles. The maximum Gasteiger partial charge on any atom is 0.265 e. The van der Waals surface area contributed by atoms with Crippen LogP contribution in [-0.2, 0) is 11.3 Å². The van der Waals surface area contributed by atoms with E-state index in [1.165, 1.54) is 7.11 Å². The molecule has 1 fully saturated rings. The van der Waals surface area contributed by atoms with Crippen molar-refractivity contribution in [1.82, 2.24) is 4.90 Å². The van der Waals surface area contributed by atoms with Crippen molar-refractivity contribution < 1.29 is 13.5 Å². The summed E-state index contributed by atoms with van der Waals surface area (Å²) in [5.74, 6) is -3.29. The fourth-order valence-corrected chi connectivity index (χ4v) is 2.44. The zero-order valence-corrected chi connectivity index (χ0v) is 10.6. The van der Waals surface area contributed by atoms with Gasteiger partial charge in [-0.15, -0.1) is 0 Å². The van der Waals surface area contributed by atoms with Crippen molar-refractivity contribution in [2.24, 2.45) is 5.92 Å². The number of likely N-dealkylation sites (tertiary alicyclic amines) is 1. The Labute approximate surface area is 107 Å². The van der Waals surface area contributed by atoms with Crippen LogP contribution in [0.2, 0.25) is 0 Å². The summed E-state index contributed by atoms with van der Waals surface area (Å²) in [7, 11) is 1.48. The van der Waals surface area contributed by atoms with Crippen LogP contribution in [0.1, 0.15) is 12.0 Å². The maximum atomic E-state index is 13.9. The molecule has 1 aliphatic rings. The van der Waals surface area contributed by atoms with Crippen LogP contribution in [0, 0.1) is 5.92 Å². The highest BCUT2D eigenvalue weighted by atomic mass is 19.3. The van der Waals surface area contributed by atoms with E-state index in [0.717, 1.165) is 5.56 Å². The van der Waals surface area contributed by atoms with Crippen molar-refractivity contribution >= 4 is 0 Å². The molecule has 18 heavy (non-hydrogen) atoms. The summed E-state index contributed by atoms with van der Waals surface area (Å²) in [5.41, 5.74) is 1.08. The minimum absolute atomic E-state index is 0.145. The molecule has 1 saturated heterocycles. The number of rotatable bonds is 4. The highest BCUT2D eigenvalue weighted by molar-refractivity contribution is 5.14. The largest absolute Gasteiger partial charge is 0.384 e. The van der Waals surface area contributed by atoms with Crippen LogP contribution in [0.15, 0.2) is 30.3 Å². The standard InChI is InChI=1S/C14H19F2NO/c1-18-10-13-7-8-17(11-14(13,15)16)9-12-5-3-2-4-6-12/h2-6,13H,7-11H2,1H3. The molecule has 2 rings (SSSR count). The Hall–Kier alpha value is -1.00. The second kappa shape index (κ2) is 5.76. The molecule has 1 aliphatic heterocycles. The van der Waals surface area contributed by atoms with Crippen LogP contribution in [0.25, 0.3) is 0 Å². The van der Waals surface area contributed by atoms with E-state index in [-0.39, 0.29) is 13.2 Å². The molecule has 0 amide bonds. The average Bonchev–Trinajstić information content (AvgIpc) is 2.33. The number of hydrogen-bond donors (Lipinski definition) is 0. The third kappa shape index (κ3) is 3.27. The van der Waals surface area contributed by atoms with E-state index in [1.54, 1.807) is 0 Å². The Morgan fingerprint density at radius 1 is 1.33 bits per heavy atom. The van der Waals surface area contributed by atoms with Gasteiger partial charge in [-0.1, -0.05) is 30.3 Å². The molecule has 100 valence electrons. The van der Waals surface area contributed by atoms with Gasteiger partial charge in [0.25, 0.3) is 5.92 Å². The van der Waals surface area contributed by atoms with Gasteiger partial charge in [-0.2, -0.15) is 0 Å². The average molecular weight is 255 g/mol. The lowest BCUT2D eigenvalue weighted by Crippen LogP contribution is -2.49. The molecule has 1 aromatic rings. The Bertz CT molecular complexity index is 369. The van der Waals surface area contributed by atoms with Gasteiger partial charge < -0.3 is 4.74 Å². The van der Waals surface area contributed by atoms with E-state index in [9.17, 15) is 8.78 Å². The van der Waals surface area contributed by atoms with Crippen LogP contribution in [0.5, 0.6) is 0 Å². The van der Waals surface area contributed by atoms with Crippen molar-refractivity contribution in [1.29, 1.82) is 0 Å². The molecular formula is C14H19F2NO. The van der Waals surface area contributed by atoms with Crippen LogP contribution in [0.3, 0.4) is 0 Å². The highest BCUT2D eigenvalue weighted by Gasteiger charge is 2.44. The number of halogens is 2. The number of hydrogen-bond acceptors (Lipinski definition) is 2. The van der Waals surface area contributed by atoms with Gasteiger partial charge in [0.05, 0.1) is 13.2 Å². The summed E-state index contributed by atoms with van der Waals surface area (Å²) < 4.78 is 32.6. The van der Waals surface area contributed by atoms with E-state index in [2.05, 4.69) is 0 Å². The lowest BCUT2D eigenvalue weighted by Gasteiger charge is -2.38. The zero-order valence-electron chi connectivity index (χ0n) is 10.6. The van der Waals surface area contributed by atoms with Crippen molar-refractivity contribution in [2.75, 3.05) is 26.8 Å². The summed E-state index contributed by atoms with van der Waals surface area (Å²) in [4.78, 5) is 1.82. The van der Waals surface area contributed by atoms with E-state index < -0.39 is 11.8 Å². The number of piperidine rings is 1. The second-order valence-corrected chi connectivity index (χ2v) is 4.90. The number of ether oxygens (including phenoxy) is 1. The minimum atomic E-state index is -2.65. The fraction of sp³-hybridized carbons (Fsp3) is 0.571. The van der Waals surface area contributed by atoms with E-state index >= 15 is 0 Å². The van der Waals surface area contributed by atoms with Crippen molar-refractivity contribution in [3.05, 3.63) is 35.9 Å². The van der Waals surface area contributed by atoms with Gasteiger partial charge in [-0.3, -0.25) is 4.90 Å². The van der Waals surface area contributed by atoms with Gasteiger partial charge in [0.15, 0.2) is 0 Å². The predicted octanol–water partition coefficient (Wildman–Crippen LogP) is 2.79. The van der Waals surface area contributed by atoms with Gasteiger partial charge in [0, 0.05) is 19.6 Å². The van der Waals surface area contributed by atoms with Crippen LogP contribution in [-0.4, -0.2) is 37.6 Å². The van der Waals surface area contributed by atoms with Gasteiger partial charge in [-0.05, 0) is 18.5 Å².